The van der Waals surface area contributed by atoms with Crippen LogP contribution in [-0.2, 0) is 9.48 Å². The minimum absolute atomic E-state index is 0.0775. The molecular formula is C20H18F2N2O3S. The van der Waals surface area contributed by atoms with E-state index in [2.05, 4.69) is 10.3 Å². The lowest BCUT2D eigenvalue weighted by molar-refractivity contribution is 0.0414. The number of ether oxygens (including phenoxy) is 1. The van der Waals surface area contributed by atoms with Crippen LogP contribution in [0.3, 0.4) is 0 Å². The summed E-state index contributed by atoms with van der Waals surface area (Å²) in [7, 11) is 0. The van der Waals surface area contributed by atoms with E-state index >= 15 is 0 Å². The molecule has 5 nitrogen and oxygen atoms in total. The number of halogens is 2. The van der Waals surface area contributed by atoms with Gasteiger partial charge in [-0.05, 0) is 18.2 Å². The summed E-state index contributed by atoms with van der Waals surface area (Å²) in [4.78, 5) is 16.9. The number of aliphatic imine (C=N–C) groups is 1. The number of amides is 1. The molecule has 1 fully saturated rings. The molecule has 8 heteroatoms. The van der Waals surface area contributed by atoms with Crippen LogP contribution in [0.2, 0.25) is 0 Å². The lowest BCUT2D eigenvalue weighted by Gasteiger charge is -2.37. The number of hydrogen-bond donors (Lipinski definition) is 2. The Bertz CT molecular complexity index is 925. The van der Waals surface area contributed by atoms with Gasteiger partial charge in [-0.25, -0.2) is 8.78 Å². The first-order valence-electron chi connectivity index (χ1n) is 8.82. The Morgan fingerprint density at radius 2 is 2.04 bits per heavy atom. The molecular weight excluding hydrogens is 386 g/mol. The van der Waals surface area contributed by atoms with Gasteiger partial charge in [0.1, 0.15) is 0 Å². The molecule has 2 aliphatic rings. The number of hydrogen-bond acceptors (Lipinski definition) is 5. The van der Waals surface area contributed by atoms with E-state index in [1.54, 1.807) is 30.3 Å². The molecule has 0 radical (unpaired) electrons. The summed E-state index contributed by atoms with van der Waals surface area (Å²) in [5.74, 6) is -2.58. The van der Waals surface area contributed by atoms with E-state index in [1.807, 2.05) is 0 Å². The second-order valence-electron chi connectivity index (χ2n) is 6.70. The van der Waals surface area contributed by atoms with E-state index in [1.165, 1.54) is 12.1 Å². The van der Waals surface area contributed by atoms with Crippen LogP contribution in [0.15, 0.2) is 53.5 Å². The summed E-state index contributed by atoms with van der Waals surface area (Å²) in [6.07, 6.45) is -0.537. The van der Waals surface area contributed by atoms with E-state index < -0.39 is 22.5 Å². The third kappa shape index (κ3) is 3.21. The predicted octanol–water partition coefficient (Wildman–Crippen LogP) is 2.70. The van der Waals surface area contributed by atoms with Gasteiger partial charge in [-0.1, -0.05) is 42.1 Å². The van der Waals surface area contributed by atoms with Crippen LogP contribution < -0.4 is 5.32 Å². The van der Waals surface area contributed by atoms with Gasteiger partial charge in [0.15, 0.2) is 16.8 Å². The molecule has 0 unspecified atom stereocenters. The van der Waals surface area contributed by atoms with Crippen molar-refractivity contribution in [3.8, 4) is 0 Å². The summed E-state index contributed by atoms with van der Waals surface area (Å²) in [6, 6.07) is 12.7. The van der Waals surface area contributed by atoms with Crippen molar-refractivity contribution in [3.63, 3.8) is 0 Å². The molecule has 1 saturated heterocycles. The van der Waals surface area contributed by atoms with Gasteiger partial charge in [-0.15, -0.1) is 0 Å². The smallest absolute Gasteiger partial charge is 0.257 e. The number of carbonyl (C=O) groups excluding carboxylic acids is 1. The molecule has 0 aliphatic carbocycles. The molecule has 0 aromatic heterocycles. The standard InChI is InChI=1S/C20H18F2N2O3S/c21-15-8-4-7-13(17(15)22)20-11-27-16(10-25)14(20)9-23-19(28-20)24-18(26)12-5-2-1-3-6-12/h1-8,14,16,25H,9-11H2,(H,23,24,26)/t14-,16+,20+/m0/s1. The van der Waals surface area contributed by atoms with Crippen molar-refractivity contribution < 1.29 is 23.4 Å². The average molecular weight is 404 g/mol. The molecule has 4 rings (SSSR count). The second kappa shape index (κ2) is 7.62. The first kappa shape index (κ1) is 19.0. The number of thioether (sulfide) groups is 1. The first-order valence-corrected chi connectivity index (χ1v) is 9.63. The molecule has 3 atom stereocenters. The van der Waals surface area contributed by atoms with Crippen molar-refractivity contribution >= 4 is 22.8 Å². The lowest BCUT2D eigenvalue weighted by atomic mass is 9.84. The van der Waals surface area contributed by atoms with Gasteiger partial charge in [0, 0.05) is 23.6 Å². The third-order valence-electron chi connectivity index (χ3n) is 5.11. The fourth-order valence-electron chi connectivity index (χ4n) is 3.68. The molecule has 0 saturated carbocycles. The number of amidine groups is 1. The Morgan fingerprint density at radius 1 is 1.25 bits per heavy atom. The van der Waals surface area contributed by atoms with Gasteiger partial charge in [0.05, 0.1) is 24.1 Å². The van der Waals surface area contributed by atoms with E-state index in [0.717, 1.165) is 17.8 Å². The molecule has 1 amide bonds. The van der Waals surface area contributed by atoms with Gasteiger partial charge in [-0.2, -0.15) is 0 Å². The first-order chi connectivity index (χ1) is 13.5. The zero-order valence-corrected chi connectivity index (χ0v) is 15.6. The molecule has 28 heavy (non-hydrogen) atoms. The Morgan fingerprint density at radius 3 is 2.79 bits per heavy atom. The van der Waals surface area contributed by atoms with Crippen LogP contribution in [0.4, 0.5) is 8.78 Å². The van der Waals surface area contributed by atoms with Crippen molar-refractivity contribution in [2.24, 2.45) is 10.9 Å². The number of nitrogens with zero attached hydrogens (tertiary/aromatic N) is 1. The van der Waals surface area contributed by atoms with Gasteiger partial charge < -0.3 is 15.2 Å². The van der Waals surface area contributed by atoms with Crippen molar-refractivity contribution in [2.45, 2.75) is 10.9 Å². The quantitative estimate of drug-likeness (QED) is 0.825. The molecule has 0 spiro atoms. The zero-order chi connectivity index (χ0) is 19.7. The van der Waals surface area contributed by atoms with Crippen molar-refractivity contribution in [2.75, 3.05) is 19.8 Å². The predicted molar refractivity (Wildman–Crippen MR) is 102 cm³/mol. The maximum atomic E-state index is 14.7. The highest BCUT2D eigenvalue weighted by molar-refractivity contribution is 8.14. The largest absolute Gasteiger partial charge is 0.394 e. The van der Waals surface area contributed by atoms with Gasteiger partial charge in [-0.3, -0.25) is 9.79 Å². The number of fused-ring (bicyclic) bond motifs is 1. The fourth-order valence-corrected chi connectivity index (χ4v) is 5.08. The monoisotopic (exact) mass is 404 g/mol. The highest BCUT2D eigenvalue weighted by atomic mass is 32.2. The average Bonchev–Trinajstić information content (AvgIpc) is 3.09. The zero-order valence-electron chi connectivity index (χ0n) is 14.8. The molecule has 146 valence electrons. The van der Waals surface area contributed by atoms with Crippen molar-refractivity contribution in [3.05, 3.63) is 71.3 Å². The van der Waals surface area contributed by atoms with Crippen LogP contribution >= 0.6 is 11.8 Å². The Balaban J connectivity index is 1.67. The topological polar surface area (TPSA) is 70.9 Å². The molecule has 0 bridgehead atoms. The maximum Gasteiger partial charge on any atom is 0.257 e. The summed E-state index contributed by atoms with van der Waals surface area (Å²) < 4.78 is 33.3. The third-order valence-corrected chi connectivity index (χ3v) is 6.54. The summed E-state index contributed by atoms with van der Waals surface area (Å²) in [5.41, 5.74) is 0.620. The second-order valence-corrected chi connectivity index (χ2v) is 8.02. The minimum atomic E-state index is -0.985. The Labute approximate surface area is 164 Å². The van der Waals surface area contributed by atoms with Gasteiger partial charge in [0.25, 0.3) is 5.91 Å². The van der Waals surface area contributed by atoms with E-state index in [4.69, 9.17) is 4.74 Å². The van der Waals surface area contributed by atoms with Crippen LogP contribution in [0.1, 0.15) is 15.9 Å². The lowest BCUT2D eigenvalue weighted by Crippen LogP contribution is -2.44. The van der Waals surface area contributed by atoms with E-state index in [9.17, 15) is 18.7 Å². The van der Waals surface area contributed by atoms with Crippen LogP contribution in [0, 0.1) is 17.6 Å². The van der Waals surface area contributed by atoms with Crippen molar-refractivity contribution in [1.29, 1.82) is 0 Å². The van der Waals surface area contributed by atoms with Gasteiger partial charge >= 0.3 is 0 Å². The van der Waals surface area contributed by atoms with E-state index in [-0.39, 0.29) is 37.1 Å². The molecule has 2 aromatic carbocycles. The Hall–Kier alpha value is -2.29. The maximum absolute atomic E-state index is 14.7. The molecule has 2 aliphatic heterocycles. The molecule has 2 aromatic rings. The highest BCUT2D eigenvalue weighted by Gasteiger charge is 2.55. The van der Waals surface area contributed by atoms with Crippen LogP contribution in [-0.4, -0.2) is 42.0 Å². The normalized spacial score (nSPS) is 26.5. The Kier molecular flexibility index (Phi) is 5.18. The molecule has 2 heterocycles. The number of aliphatic hydroxyl groups excluding tert-OH is 1. The molecule has 2 N–H and O–H groups in total. The fraction of sp³-hybridized carbons (Fsp3) is 0.300. The number of carbonyl (C=O) groups is 1. The number of rotatable bonds is 3. The number of aliphatic hydroxyl groups is 1. The van der Waals surface area contributed by atoms with Crippen LogP contribution in [0.5, 0.6) is 0 Å². The summed E-state index contributed by atoms with van der Waals surface area (Å²) >= 11 is 1.14. The van der Waals surface area contributed by atoms with Gasteiger partial charge in [0.2, 0.25) is 0 Å². The number of nitrogens with one attached hydrogen (secondary N) is 1. The van der Waals surface area contributed by atoms with E-state index in [0.29, 0.717) is 10.7 Å². The number of benzene rings is 2. The van der Waals surface area contributed by atoms with Crippen LogP contribution in [0.25, 0.3) is 0 Å². The minimum Gasteiger partial charge on any atom is -0.394 e. The highest BCUT2D eigenvalue weighted by Crippen LogP contribution is 2.53. The van der Waals surface area contributed by atoms with Crippen molar-refractivity contribution in [1.82, 2.24) is 5.32 Å². The summed E-state index contributed by atoms with van der Waals surface area (Å²) in [5, 5.41) is 12.7. The summed E-state index contributed by atoms with van der Waals surface area (Å²) in [6.45, 7) is 0.0535. The SMILES string of the molecule is O=C(NC1=NC[C@H]2[C@@H](CO)OC[C@]2(c2cccc(F)c2F)S1)c1ccccc1.